The number of nitrogens with zero attached hydrogens (tertiary/aromatic N) is 2. The van der Waals surface area contributed by atoms with Gasteiger partial charge in [-0.2, -0.15) is 0 Å². The lowest BCUT2D eigenvalue weighted by Gasteiger charge is -1.96. The van der Waals surface area contributed by atoms with E-state index in [0.29, 0.717) is 5.17 Å². The van der Waals surface area contributed by atoms with Gasteiger partial charge in [-0.05, 0) is 18.6 Å². The molecule has 1 aliphatic rings. The van der Waals surface area contributed by atoms with E-state index in [4.69, 9.17) is 0 Å². The van der Waals surface area contributed by atoms with E-state index in [9.17, 15) is 4.79 Å². The van der Waals surface area contributed by atoms with Crippen LogP contribution in [0.1, 0.15) is 13.3 Å². The maximum Gasteiger partial charge on any atom is 0.239 e. The number of rotatable bonds is 2. The summed E-state index contributed by atoms with van der Waals surface area (Å²) in [6.07, 6.45) is 4.18. The van der Waals surface area contributed by atoms with Gasteiger partial charge in [0.2, 0.25) is 5.91 Å². The number of hydrogen-bond donors (Lipinski definition) is 1. The lowest BCUT2D eigenvalue weighted by atomic mass is 10.3. The standard InChI is InChI=1S/C10H11N3OS/c1-2-8-9(14)13-10(15-8)12-7-4-3-5-11-6-7/h3-6,8H,2H2,1H3,(H,12,13,14). The van der Waals surface area contributed by atoms with Crippen LogP contribution in [-0.4, -0.2) is 21.3 Å². The van der Waals surface area contributed by atoms with Crippen LogP contribution in [-0.2, 0) is 4.79 Å². The van der Waals surface area contributed by atoms with E-state index in [-0.39, 0.29) is 11.2 Å². The number of amides is 1. The fourth-order valence-corrected chi connectivity index (χ4v) is 2.18. The van der Waals surface area contributed by atoms with Crippen molar-refractivity contribution in [3.05, 3.63) is 24.5 Å². The van der Waals surface area contributed by atoms with Crippen molar-refractivity contribution in [2.45, 2.75) is 18.6 Å². The van der Waals surface area contributed by atoms with Crippen LogP contribution < -0.4 is 5.32 Å². The molecule has 2 heterocycles. The first-order valence-electron chi connectivity index (χ1n) is 4.76. The molecule has 78 valence electrons. The Morgan fingerprint density at radius 3 is 3.13 bits per heavy atom. The molecule has 4 nitrogen and oxygen atoms in total. The first-order chi connectivity index (χ1) is 7.29. The molecule has 2 rings (SSSR count). The van der Waals surface area contributed by atoms with Gasteiger partial charge in [-0.1, -0.05) is 18.7 Å². The number of carbonyl (C=O) groups excluding carboxylic acids is 1. The van der Waals surface area contributed by atoms with E-state index in [1.165, 1.54) is 11.8 Å². The highest BCUT2D eigenvalue weighted by atomic mass is 32.2. The van der Waals surface area contributed by atoms with Crippen LogP contribution in [0.15, 0.2) is 29.5 Å². The van der Waals surface area contributed by atoms with E-state index in [0.717, 1.165) is 12.1 Å². The van der Waals surface area contributed by atoms with Gasteiger partial charge in [0.1, 0.15) is 0 Å². The van der Waals surface area contributed by atoms with Crippen molar-refractivity contribution < 1.29 is 4.79 Å². The smallest absolute Gasteiger partial charge is 0.239 e. The third kappa shape index (κ3) is 2.36. The minimum atomic E-state index is 0.000390. The molecule has 0 aliphatic carbocycles. The molecule has 1 saturated heterocycles. The lowest BCUT2D eigenvalue weighted by Crippen LogP contribution is -2.24. The number of pyridine rings is 1. The topological polar surface area (TPSA) is 54.4 Å². The molecule has 5 heteroatoms. The highest BCUT2D eigenvalue weighted by Gasteiger charge is 2.28. The fraction of sp³-hybridized carbons (Fsp3) is 0.300. The second-order valence-corrected chi connectivity index (χ2v) is 4.32. The normalized spacial score (nSPS) is 23.1. The minimum Gasteiger partial charge on any atom is -0.304 e. The second kappa shape index (κ2) is 4.44. The number of hydrogen-bond acceptors (Lipinski definition) is 4. The maximum atomic E-state index is 11.4. The van der Waals surface area contributed by atoms with Crippen molar-refractivity contribution in [2.24, 2.45) is 4.99 Å². The molecule has 1 atom stereocenters. The molecule has 1 aromatic heterocycles. The van der Waals surface area contributed by atoms with E-state index < -0.39 is 0 Å². The average molecular weight is 221 g/mol. The first-order valence-corrected chi connectivity index (χ1v) is 5.64. The van der Waals surface area contributed by atoms with Gasteiger partial charge in [0.25, 0.3) is 0 Å². The third-order valence-corrected chi connectivity index (χ3v) is 3.27. The first kappa shape index (κ1) is 10.2. The van der Waals surface area contributed by atoms with Crippen LogP contribution in [0.2, 0.25) is 0 Å². The van der Waals surface area contributed by atoms with Gasteiger partial charge in [-0.3, -0.25) is 9.78 Å². The molecule has 1 aliphatic heterocycles. The second-order valence-electron chi connectivity index (χ2n) is 3.13. The predicted molar refractivity (Wildman–Crippen MR) is 61.1 cm³/mol. The summed E-state index contributed by atoms with van der Waals surface area (Å²) in [4.78, 5) is 19.6. The van der Waals surface area contributed by atoms with Crippen LogP contribution in [0.25, 0.3) is 0 Å². The third-order valence-electron chi connectivity index (χ3n) is 2.02. The molecule has 0 spiro atoms. The molecule has 0 aromatic carbocycles. The number of aliphatic imine (C=N–C) groups is 1. The Morgan fingerprint density at radius 2 is 2.53 bits per heavy atom. The quantitative estimate of drug-likeness (QED) is 0.827. The molecular weight excluding hydrogens is 210 g/mol. The zero-order valence-electron chi connectivity index (χ0n) is 8.30. The van der Waals surface area contributed by atoms with E-state index in [1.54, 1.807) is 12.4 Å². The molecule has 1 fully saturated rings. The van der Waals surface area contributed by atoms with E-state index in [1.807, 2.05) is 19.1 Å². The summed E-state index contributed by atoms with van der Waals surface area (Å²) in [5, 5.41) is 3.42. The summed E-state index contributed by atoms with van der Waals surface area (Å²) >= 11 is 1.48. The number of carbonyl (C=O) groups is 1. The van der Waals surface area contributed by atoms with Crippen molar-refractivity contribution in [3.8, 4) is 0 Å². The Morgan fingerprint density at radius 1 is 1.67 bits per heavy atom. The van der Waals surface area contributed by atoms with Gasteiger partial charge in [-0.15, -0.1) is 0 Å². The molecule has 0 bridgehead atoms. The van der Waals surface area contributed by atoms with Gasteiger partial charge in [0, 0.05) is 6.20 Å². The van der Waals surface area contributed by atoms with E-state index in [2.05, 4.69) is 15.3 Å². The molecule has 1 amide bonds. The molecule has 0 saturated carbocycles. The average Bonchev–Trinajstić information content (AvgIpc) is 2.60. The number of amidine groups is 1. The van der Waals surface area contributed by atoms with Crippen LogP contribution in [0.4, 0.5) is 5.69 Å². The monoisotopic (exact) mass is 221 g/mol. The Labute approximate surface area is 92.2 Å². The van der Waals surface area contributed by atoms with Crippen LogP contribution >= 0.6 is 11.8 Å². The zero-order chi connectivity index (χ0) is 10.7. The summed E-state index contributed by atoms with van der Waals surface area (Å²) in [5.41, 5.74) is 0.761. The van der Waals surface area contributed by atoms with Crippen LogP contribution in [0.3, 0.4) is 0 Å². The highest BCUT2D eigenvalue weighted by Crippen LogP contribution is 2.24. The van der Waals surface area contributed by atoms with Gasteiger partial charge in [0.05, 0.1) is 17.1 Å². The Bertz CT molecular complexity index is 391. The summed E-state index contributed by atoms with van der Waals surface area (Å²) in [5.74, 6) is 0.0464. The summed E-state index contributed by atoms with van der Waals surface area (Å²) in [6, 6.07) is 3.67. The molecule has 1 unspecified atom stereocenters. The van der Waals surface area contributed by atoms with Crippen LogP contribution in [0, 0.1) is 0 Å². The SMILES string of the molecule is CCC1SC(=Nc2cccnc2)NC1=O. The zero-order valence-corrected chi connectivity index (χ0v) is 9.12. The Hall–Kier alpha value is -1.36. The van der Waals surface area contributed by atoms with Crippen molar-refractivity contribution in [2.75, 3.05) is 0 Å². The molecular formula is C10H11N3OS. The van der Waals surface area contributed by atoms with Gasteiger partial charge in [-0.25, -0.2) is 4.99 Å². The van der Waals surface area contributed by atoms with Crippen molar-refractivity contribution in [3.63, 3.8) is 0 Å². The molecule has 0 radical (unpaired) electrons. The highest BCUT2D eigenvalue weighted by molar-refractivity contribution is 8.15. The Kier molecular flexibility index (Phi) is 3.01. The number of thioether (sulfide) groups is 1. The summed E-state index contributed by atoms with van der Waals surface area (Å²) in [7, 11) is 0. The summed E-state index contributed by atoms with van der Waals surface area (Å²) < 4.78 is 0. The van der Waals surface area contributed by atoms with Crippen LogP contribution in [0.5, 0.6) is 0 Å². The van der Waals surface area contributed by atoms with E-state index >= 15 is 0 Å². The van der Waals surface area contributed by atoms with Gasteiger partial charge < -0.3 is 5.32 Å². The Balaban J connectivity index is 2.14. The van der Waals surface area contributed by atoms with Crippen molar-refractivity contribution in [1.82, 2.24) is 10.3 Å². The van der Waals surface area contributed by atoms with Gasteiger partial charge in [0.15, 0.2) is 5.17 Å². The predicted octanol–water partition coefficient (Wildman–Crippen LogP) is 1.71. The molecule has 1 aromatic rings. The minimum absolute atomic E-state index is 0.000390. The maximum absolute atomic E-state index is 11.4. The number of nitrogens with one attached hydrogen (secondary N) is 1. The fourth-order valence-electron chi connectivity index (χ4n) is 1.26. The van der Waals surface area contributed by atoms with Crippen molar-refractivity contribution in [1.29, 1.82) is 0 Å². The van der Waals surface area contributed by atoms with Gasteiger partial charge >= 0.3 is 0 Å². The van der Waals surface area contributed by atoms with Crippen molar-refractivity contribution >= 4 is 28.5 Å². The summed E-state index contributed by atoms with van der Waals surface area (Å²) in [6.45, 7) is 1.99. The number of aromatic nitrogens is 1. The molecule has 15 heavy (non-hydrogen) atoms. The molecule has 1 N–H and O–H groups in total. The lowest BCUT2D eigenvalue weighted by molar-refractivity contribution is -0.118. The largest absolute Gasteiger partial charge is 0.304 e.